The SMILES string of the molecule is CCNC(=O)[C@@H](C)NC(=O)c1ccc(OC)cc1. The molecule has 0 radical (unpaired) electrons. The van der Waals surface area contributed by atoms with Gasteiger partial charge in [-0.2, -0.15) is 0 Å². The van der Waals surface area contributed by atoms with Crippen molar-refractivity contribution in [2.45, 2.75) is 19.9 Å². The lowest BCUT2D eigenvalue weighted by molar-refractivity contribution is -0.122. The lowest BCUT2D eigenvalue weighted by Crippen LogP contribution is -2.44. The van der Waals surface area contributed by atoms with E-state index in [1.807, 2.05) is 6.92 Å². The van der Waals surface area contributed by atoms with Gasteiger partial charge in [0.2, 0.25) is 5.91 Å². The highest BCUT2D eigenvalue weighted by Gasteiger charge is 2.15. The Kier molecular flexibility index (Phi) is 5.17. The maximum atomic E-state index is 11.8. The minimum Gasteiger partial charge on any atom is -0.497 e. The molecule has 2 N–H and O–H groups in total. The first-order valence-electron chi connectivity index (χ1n) is 5.81. The van der Waals surface area contributed by atoms with E-state index < -0.39 is 6.04 Å². The molecular formula is C13H18N2O3. The van der Waals surface area contributed by atoms with Gasteiger partial charge in [-0.1, -0.05) is 0 Å². The highest BCUT2D eigenvalue weighted by molar-refractivity contribution is 5.97. The summed E-state index contributed by atoms with van der Waals surface area (Å²) in [5, 5.41) is 5.27. The van der Waals surface area contributed by atoms with E-state index in [0.29, 0.717) is 17.9 Å². The summed E-state index contributed by atoms with van der Waals surface area (Å²) in [7, 11) is 1.56. The Morgan fingerprint density at radius 2 is 1.89 bits per heavy atom. The highest BCUT2D eigenvalue weighted by atomic mass is 16.5. The average Bonchev–Trinajstić information content (AvgIpc) is 2.39. The Balaban J connectivity index is 2.61. The van der Waals surface area contributed by atoms with Crippen molar-refractivity contribution in [3.63, 3.8) is 0 Å². The van der Waals surface area contributed by atoms with Gasteiger partial charge in [0, 0.05) is 12.1 Å². The topological polar surface area (TPSA) is 67.4 Å². The van der Waals surface area contributed by atoms with Gasteiger partial charge in [0.1, 0.15) is 11.8 Å². The molecule has 0 aromatic heterocycles. The van der Waals surface area contributed by atoms with E-state index in [1.54, 1.807) is 38.3 Å². The standard InChI is InChI=1S/C13H18N2O3/c1-4-14-12(16)9(2)15-13(17)10-5-7-11(18-3)8-6-10/h5-9H,4H2,1-3H3,(H,14,16)(H,15,17)/t9-/m1/s1. The monoisotopic (exact) mass is 250 g/mol. The molecular weight excluding hydrogens is 232 g/mol. The van der Waals surface area contributed by atoms with Crippen molar-refractivity contribution in [3.8, 4) is 5.75 Å². The summed E-state index contributed by atoms with van der Waals surface area (Å²) < 4.78 is 5.00. The number of methoxy groups -OCH3 is 1. The van der Waals surface area contributed by atoms with E-state index in [1.165, 1.54) is 0 Å². The van der Waals surface area contributed by atoms with Crippen LogP contribution in [0.1, 0.15) is 24.2 Å². The van der Waals surface area contributed by atoms with Crippen molar-refractivity contribution in [3.05, 3.63) is 29.8 Å². The molecule has 0 aliphatic rings. The van der Waals surface area contributed by atoms with E-state index in [4.69, 9.17) is 4.74 Å². The third-order valence-electron chi connectivity index (χ3n) is 2.44. The van der Waals surface area contributed by atoms with Crippen LogP contribution in [0, 0.1) is 0 Å². The molecule has 5 nitrogen and oxygen atoms in total. The molecule has 1 atom stereocenters. The largest absolute Gasteiger partial charge is 0.497 e. The third kappa shape index (κ3) is 3.76. The summed E-state index contributed by atoms with van der Waals surface area (Å²) in [5.74, 6) is 0.207. The normalized spacial score (nSPS) is 11.5. The fraction of sp³-hybridized carbons (Fsp3) is 0.385. The van der Waals surface area contributed by atoms with E-state index in [-0.39, 0.29) is 11.8 Å². The van der Waals surface area contributed by atoms with Crippen LogP contribution in [0.3, 0.4) is 0 Å². The molecule has 1 aromatic rings. The van der Waals surface area contributed by atoms with Crippen molar-refractivity contribution in [2.75, 3.05) is 13.7 Å². The van der Waals surface area contributed by atoms with Gasteiger partial charge in [0.15, 0.2) is 0 Å². The summed E-state index contributed by atoms with van der Waals surface area (Å²) in [6.45, 7) is 4.02. The van der Waals surface area contributed by atoms with E-state index in [0.717, 1.165) is 0 Å². The molecule has 0 aliphatic carbocycles. The molecule has 0 bridgehead atoms. The highest BCUT2D eigenvalue weighted by Crippen LogP contribution is 2.11. The minimum atomic E-state index is -0.556. The molecule has 0 saturated heterocycles. The van der Waals surface area contributed by atoms with E-state index in [2.05, 4.69) is 10.6 Å². The van der Waals surface area contributed by atoms with E-state index in [9.17, 15) is 9.59 Å². The number of likely N-dealkylation sites (N-methyl/N-ethyl adjacent to an activating group) is 1. The summed E-state index contributed by atoms with van der Waals surface area (Å²) in [5.41, 5.74) is 0.493. The second-order valence-electron chi connectivity index (χ2n) is 3.82. The van der Waals surface area contributed by atoms with Crippen LogP contribution in [0.5, 0.6) is 5.75 Å². The number of hydrogen-bond donors (Lipinski definition) is 2. The first-order chi connectivity index (χ1) is 8.58. The average molecular weight is 250 g/mol. The van der Waals surface area contributed by atoms with Crippen LogP contribution in [-0.4, -0.2) is 31.5 Å². The van der Waals surface area contributed by atoms with Crippen molar-refractivity contribution >= 4 is 11.8 Å². The van der Waals surface area contributed by atoms with Crippen molar-refractivity contribution < 1.29 is 14.3 Å². The van der Waals surface area contributed by atoms with Gasteiger partial charge in [-0.05, 0) is 38.1 Å². The zero-order valence-corrected chi connectivity index (χ0v) is 10.8. The molecule has 0 unspecified atom stereocenters. The van der Waals surface area contributed by atoms with Gasteiger partial charge >= 0.3 is 0 Å². The van der Waals surface area contributed by atoms with Crippen molar-refractivity contribution in [1.82, 2.24) is 10.6 Å². The molecule has 2 amide bonds. The van der Waals surface area contributed by atoms with Crippen LogP contribution in [0.15, 0.2) is 24.3 Å². The first kappa shape index (κ1) is 14.0. The summed E-state index contributed by atoms with van der Waals surface area (Å²) in [6.07, 6.45) is 0. The molecule has 0 saturated carbocycles. The lowest BCUT2D eigenvalue weighted by atomic mass is 10.2. The Morgan fingerprint density at radius 3 is 2.39 bits per heavy atom. The number of amides is 2. The zero-order chi connectivity index (χ0) is 13.5. The van der Waals surface area contributed by atoms with Crippen molar-refractivity contribution in [2.24, 2.45) is 0 Å². The maximum Gasteiger partial charge on any atom is 0.251 e. The van der Waals surface area contributed by atoms with Crippen LogP contribution in [0.2, 0.25) is 0 Å². The molecule has 1 aromatic carbocycles. The van der Waals surface area contributed by atoms with Crippen LogP contribution in [0.4, 0.5) is 0 Å². The fourth-order valence-corrected chi connectivity index (χ4v) is 1.42. The summed E-state index contributed by atoms with van der Waals surface area (Å²) >= 11 is 0. The Bertz CT molecular complexity index is 415. The number of benzene rings is 1. The number of carbonyl (C=O) groups excluding carboxylic acids is 2. The van der Waals surface area contributed by atoms with Crippen LogP contribution >= 0.6 is 0 Å². The summed E-state index contributed by atoms with van der Waals surface area (Å²) in [6, 6.07) is 6.15. The molecule has 5 heteroatoms. The number of ether oxygens (including phenoxy) is 1. The molecule has 0 spiro atoms. The minimum absolute atomic E-state index is 0.195. The number of hydrogen-bond acceptors (Lipinski definition) is 3. The van der Waals surface area contributed by atoms with Crippen LogP contribution in [0.25, 0.3) is 0 Å². The fourth-order valence-electron chi connectivity index (χ4n) is 1.42. The predicted molar refractivity (Wildman–Crippen MR) is 68.6 cm³/mol. The van der Waals surface area contributed by atoms with Crippen LogP contribution < -0.4 is 15.4 Å². The Morgan fingerprint density at radius 1 is 1.28 bits per heavy atom. The zero-order valence-electron chi connectivity index (χ0n) is 10.8. The second kappa shape index (κ2) is 6.64. The maximum absolute atomic E-state index is 11.8. The third-order valence-corrected chi connectivity index (χ3v) is 2.44. The Labute approximate surface area is 107 Å². The lowest BCUT2D eigenvalue weighted by Gasteiger charge is -2.13. The number of carbonyl (C=O) groups is 2. The predicted octanol–water partition coefficient (Wildman–Crippen LogP) is 0.950. The van der Waals surface area contributed by atoms with Gasteiger partial charge in [-0.15, -0.1) is 0 Å². The molecule has 98 valence electrons. The quantitative estimate of drug-likeness (QED) is 0.817. The Hall–Kier alpha value is -2.04. The first-order valence-corrected chi connectivity index (χ1v) is 5.81. The van der Waals surface area contributed by atoms with Gasteiger partial charge in [0.25, 0.3) is 5.91 Å². The summed E-state index contributed by atoms with van der Waals surface area (Å²) in [4.78, 5) is 23.3. The molecule has 1 rings (SSSR count). The second-order valence-corrected chi connectivity index (χ2v) is 3.82. The van der Waals surface area contributed by atoms with E-state index >= 15 is 0 Å². The van der Waals surface area contributed by atoms with Gasteiger partial charge in [-0.3, -0.25) is 9.59 Å². The smallest absolute Gasteiger partial charge is 0.251 e. The molecule has 18 heavy (non-hydrogen) atoms. The van der Waals surface area contributed by atoms with Gasteiger partial charge < -0.3 is 15.4 Å². The molecule has 0 aliphatic heterocycles. The van der Waals surface area contributed by atoms with Crippen molar-refractivity contribution in [1.29, 1.82) is 0 Å². The number of rotatable bonds is 5. The number of nitrogens with one attached hydrogen (secondary N) is 2. The molecule has 0 fully saturated rings. The van der Waals surface area contributed by atoms with Crippen LogP contribution in [-0.2, 0) is 4.79 Å². The molecule has 0 heterocycles. The van der Waals surface area contributed by atoms with Gasteiger partial charge in [0.05, 0.1) is 7.11 Å². The van der Waals surface area contributed by atoms with Gasteiger partial charge in [-0.25, -0.2) is 0 Å².